The van der Waals surface area contributed by atoms with Gasteiger partial charge in [0.25, 0.3) is 5.91 Å². The molecular weight excluding hydrogens is 290 g/mol. The number of amides is 2. The number of carbonyl (C=O) groups excluding carboxylic acids is 2. The van der Waals surface area contributed by atoms with Gasteiger partial charge in [-0.05, 0) is 43.3 Å². The maximum Gasteiger partial charge on any atom is 0.251 e. The predicted molar refractivity (Wildman–Crippen MR) is 92.8 cm³/mol. The van der Waals surface area contributed by atoms with Crippen LogP contribution in [0.15, 0.2) is 54.6 Å². The molecule has 1 unspecified atom stereocenters. The van der Waals surface area contributed by atoms with E-state index in [9.17, 15) is 9.59 Å². The number of hydrogen-bond donors (Lipinski definition) is 2. The molecule has 0 saturated carbocycles. The standard InChI is InChI=1S/C18H21N3O2/c1-13(19-18(23)14-7-5-4-6-8-14)17(22)20-15-9-11-16(12-10-15)21(2)3/h4-13H,1-3H3,(H,19,23)(H,20,22). The topological polar surface area (TPSA) is 61.4 Å². The van der Waals surface area contributed by atoms with Crippen molar-refractivity contribution >= 4 is 23.2 Å². The molecule has 0 spiro atoms. The predicted octanol–water partition coefficient (Wildman–Crippen LogP) is 2.51. The van der Waals surface area contributed by atoms with Gasteiger partial charge in [-0.25, -0.2) is 0 Å². The van der Waals surface area contributed by atoms with Crippen molar-refractivity contribution in [1.82, 2.24) is 5.32 Å². The highest BCUT2D eigenvalue weighted by molar-refractivity contribution is 6.00. The van der Waals surface area contributed by atoms with Crippen LogP contribution in [0.2, 0.25) is 0 Å². The highest BCUT2D eigenvalue weighted by Gasteiger charge is 2.16. The van der Waals surface area contributed by atoms with Crippen LogP contribution in [0.25, 0.3) is 0 Å². The van der Waals surface area contributed by atoms with Gasteiger partial charge >= 0.3 is 0 Å². The van der Waals surface area contributed by atoms with E-state index in [2.05, 4.69) is 10.6 Å². The highest BCUT2D eigenvalue weighted by Crippen LogP contribution is 2.15. The van der Waals surface area contributed by atoms with Gasteiger partial charge in [0.1, 0.15) is 6.04 Å². The SMILES string of the molecule is CC(NC(=O)c1ccccc1)C(=O)Nc1ccc(N(C)C)cc1. The molecule has 2 rings (SSSR count). The summed E-state index contributed by atoms with van der Waals surface area (Å²) < 4.78 is 0. The Balaban J connectivity index is 1.93. The van der Waals surface area contributed by atoms with Crippen LogP contribution in [0, 0.1) is 0 Å². The Hall–Kier alpha value is -2.82. The van der Waals surface area contributed by atoms with Crippen molar-refractivity contribution in [3.8, 4) is 0 Å². The molecule has 0 fully saturated rings. The zero-order valence-electron chi connectivity index (χ0n) is 13.5. The Morgan fingerprint density at radius 2 is 1.57 bits per heavy atom. The molecule has 2 amide bonds. The van der Waals surface area contributed by atoms with Crippen molar-refractivity contribution in [2.24, 2.45) is 0 Å². The molecule has 5 nitrogen and oxygen atoms in total. The largest absolute Gasteiger partial charge is 0.378 e. The van der Waals surface area contributed by atoms with Crippen LogP contribution in [0.3, 0.4) is 0 Å². The van der Waals surface area contributed by atoms with E-state index in [1.807, 2.05) is 49.3 Å². The minimum atomic E-state index is -0.628. The minimum absolute atomic E-state index is 0.258. The summed E-state index contributed by atoms with van der Waals surface area (Å²) >= 11 is 0. The number of benzene rings is 2. The third-order valence-corrected chi connectivity index (χ3v) is 3.43. The van der Waals surface area contributed by atoms with E-state index in [4.69, 9.17) is 0 Å². The lowest BCUT2D eigenvalue weighted by Gasteiger charge is -2.16. The minimum Gasteiger partial charge on any atom is -0.378 e. The van der Waals surface area contributed by atoms with Crippen LogP contribution in [-0.2, 0) is 4.79 Å². The molecule has 0 bridgehead atoms. The molecular formula is C18H21N3O2. The van der Waals surface area contributed by atoms with E-state index in [-0.39, 0.29) is 11.8 Å². The molecule has 2 aromatic carbocycles. The van der Waals surface area contributed by atoms with Crippen LogP contribution < -0.4 is 15.5 Å². The second-order valence-electron chi connectivity index (χ2n) is 5.49. The molecule has 0 aliphatic heterocycles. The van der Waals surface area contributed by atoms with Gasteiger partial charge in [0.2, 0.25) is 5.91 Å². The average molecular weight is 311 g/mol. The monoisotopic (exact) mass is 311 g/mol. The molecule has 5 heteroatoms. The van der Waals surface area contributed by atoms with Gasteiger partial charge in [-0.1, -0.05) is 18.2 Å². The maximum absolute atomic E-state index is 12.2. The van der Waals surface area contributed by atoms with Gasteiger partial charge in [0.15, 0.2) is 0 Å². The molecule has 120 valence electrons. The maximum atomic E-state index is 12.2. The fraction of sp³-hybridized carbons (Fsp3) is 0.222. The van der Waals surface area contributed by atoms with Crippen LogP contribution in [-0.4, -0.2) is 32.0 Å². The molecule has 0 aromatic heterocycles. The van der Waals surface area contributed by atoms with Crippen molar-refractivity contribution in [2.45, 2.75) is 13.0 Å². The third kappa shape index (κ3) is 4.57. The number of anilines is 2. The summed E-state index contributed by atoms with van der Waals surface area (Å²) in [6.07, 6.45) is 0. The lowest BCUT2D eigenvalue weighted by molar-refractivity contribution is -0.117. The van der Waals surface area contributed by atoms with Crippen LogP contribution >= 0.6 is 0 Å². The van der Waals surface area contributed by atoms with E-state index >= 15 is 0 Å². The number of rotatable bonds is 5. The first-order valence-electron chi connectivity index (χ1n) is 7.41. The van der Waals surface area contributed by atoms with Gasteiger partial charge in [-0.15, -0.1) is 0 Å². The zero-order valence-corrected chi connectivity index (χ0v) is 13.5. The molecule has 0 aliphatic rings. The van der Waals surface area contributed by atoms with Gasteiger partial charge in [0, 0.05) is 31.0 Å². The molecule has 0 heterocycles. The summed E-state index contributed by atoms with van der Waals surface area (Å²) in [6.45, 7) is 1.66. The Kier molecular flexibility index (Phi) is 5.36. The first kappa shape index (κ1) is 16.5. The molecule has 2 N–H and O–H groups in total. The van der Waals surface area contributed by atoms with Crippen LogP contribution in [0.1, 0.15) is 17.3 Å². The van der Waals surface area contributed by atoms with Crippen LogP contribution in [0.5, 0.6) is 0 Å². The van der Waals surface area contributed by atoms with Crippen LogP contribution in [0.4, 0.5) is 11.4 Å². The quantitative estimate of drug-likeness (QED) is 0.892. The molecule has 23 heavy (non-hydrogen) atoms. The Morgan fingerprint density at radius 1 is 0.957 bits per heavy atom. The Morgan fingerprint density at radius 3 is 2.13 bits per heavy atom. The summed E-state index contributed by atoms with van der Waals surface area (Å²) in [5.74, 6) is -0.525. The molecule has 0 aliphatic carbocycles. The third-order valence-electron chi connectivity index (χ3n) is 3.43. The van der Waals surface area contributed by atoms with E-state index in [1.165, 1.54) is 0 Å². The molecule has 0 radical (unpaired) electrons. The van der Waals surface area contributed by atoms with Crippen molar-refractivity contribution < 1.29 is 9.59 Å². The normalized spacial score (nSPS) is 11.4. The smallest absolute Gasteiger partial charge is 0.251 e. The fourth-order valence-electron chi connectivity index (χ4n) is 2.03. The summed E-state index contributed by atoms with van der Waals surface area (Å²) in [7, 11) is 3.91. The average Bonchev–Trinajstić information content (AvgIpc) is 2.56. The van der Waals surface area contributed by atoms with Gasteiger partial charge in [-0.3, -0.25) is 9.59 Å². The Bertz CT molecular complexity index is 666. The van der Waals surface area contributed by atoms with Gasteiger partial charge < -0.3 is 15.5 Å². The van der Waals surface area contributed by atoms with E-state index in [0.29, 0.717) is 11.3 Å². The van der Waals surface area contributed by atoms with E-state index in [1.54, 1.807) is 31.2 Å². The number of hydrogen-bond acceptors (Lipinski definition) is 3. The second-order valence-corrected chi connectivity index (χ2v) is 5.49. The Labute approximate surface area is 136 Å². The molecule has 1 atom stereocenters. The highest BCUT2D eigenvalue weighted by atomic mass is 16.2. The number of nitrogens with one attached hydrogen (secondary N) is 2. The van der Waals surface area contributed by atoms with E-state index < -0.39 is 6.04 Å². The fourth-order valence-corrected chi connectivity index (χ4v) is 2.03. The summed E-state index contributed by atoms with van der Waals surface area (Å²) in [4.78, 5) is 26.2. The summed E-state index contributed by atoms with van der Waals surface area (Å²) in [6, 6.07) is 15.7. The molecule has 0 saturated heterocycles. The first-order chi connectivity index (χ1) is 11.0. The number of carbonyl (C=O) groups is 2. The van der Waals surface area contributed by atoms with Gasteiger partial charge in [-0.2, -0.15) is 0 Å². The van der Waals surface area contributed by atoms with E-state index in [0.717, 1.165) is 5.69 Å². The number of nitrogens with zero attached hydrogens (tertiary/aromatic N) is 1. The van der Waals surface area contributed by atoms with Crippen molar-refractivity contribution in [1.29, 1.82) is 0 Å². The first-order valence-corrected chi connectivity index (χ1v) is 7.41. The van der Waals surface area contributed by atoms with Crippen molar-refractivity contribution in [3.63, 3.8) is 0 Å². The second kappa shape index (κ2) is 7.45. The summed E-state index contributed by atoms with van der Waals surface area (Å²) in [5, 5.41) is 5.48. The lowest BCUT2D eigenvalue weighted by atomic mass is 10.2. The van der Waals surface area contributed by atoms with Crippen molar-refractivity contribution in [2.75, 3.05) is 24.3 Å². The van der Waals surface area contributed by atoms with Gasteiger partial charge in [0.05, 0.1) is 0 Å². The zero-order chi connectivity index (χ0) is 16.8. The molecule has 2 aromatic rings. The summed E-state index contributed by atoms with van der Waals surface area (Å²) in [5.41, 5.74) is 2.28. The van der Waals surface area contributed by atoms with Crippen molar-refractivity contribution in [3.05, 3.63) is 60.2 Å². The lowest BCUT2D eigenvalue weighted by Crippen LogP contribution is -2.41.